The van der Waals surface area contributed by atoms with Crippen LogP contribution in [0.4, 0.5) is 13.6 Å². The smallest absolute Gasteiger partial charge is 0.404 e. The van der Waals surface area contributed by atoms with Crippen LogP contribution in [-0.4, -0.2) is 30.1 Å². The quantitative estimate of drug-likeness (QED) is 0.881. The molecule has 0 saturated heterocycles. The molecule has 23 heavy (non-hydrogen) atoms. The van der Waals surface area contributed by atoms with Crippen LogP contribution in [0.2, 0.25) is 0 Å². The lowest BCUT2D eigenvalue weighted by Gasteiger charge is -2.28. The van der Waals surface area contributed by atoms with Gasteiger partial charge in [-0.25, -0.2) is 13.6 Å². The summed E-state index contributed by atoms with van der Waals surface area (Å²) in [5.41, 5.74) is 5.92. The van der Waals surface area contributed by atoms with Crippen molar-refractivity contribution in [1.82, 2.24) is 5.32 Å². The third kappa shape index (κ3) is 3.99. The molecular formula is C15H18F2N2O3S. The van der Waals surface area contributed by atoms with Gasteiger partial charge >= 0.3 is 6.09 Å². The van der Waals surface area contributed by atoms with Gasteiger partial charge in [0.05, 0.1) is 4.88 Å². The number of thiophene rings is 1. The van der Waals surface area contributed by atoms with E-state index in [1.54, 1.807) is 6.07 Å². The molecule has 0 spiro atoms. The number of nitrogens with one attached hydrogen (secondary N) is 1. The molecule has 0 aromatic carbocycles. The molecule has 1 aromatic rings. The normalized spacial score (nSPS) is 26.5. The van der Waals surface area contributed by atoms with E-state index in [2.05, 4.69) is 5.32 Å². The third-order valence-electron chi connectivity index (χ3n) is 4.32. The molecule has 2 saturated carbocycles. The average molecular weight is 344 g/mol. The number of amides is 2. The van der Waals surface area contributed by atoms with E-state index in [0.29, 0.717) is 24.1 Å². The predicted octanol–water partition coefficient (Wildman–Crippen LogP) is 3.01. The standard InChI is InChI=1S/C15H18F2N2O3S/c16-15(17)3-1-9(2-4-15)19-13(20)12-5-8(7-23-12)10-6-11(10)22-14(18)21/h5,7,9-11H,1-4,6H2,(H2,18,21)(H,19,20). The molecule has 5 nitrogen and oxygen atoms in total. The highest BCUT2D eigenvalue weighted by molar-refractivity contribution is 7.12. The lowest BCUT2D eigenvalue weighted by atomic mass is 9.92. The van der Waals surface area contributed by atoms with Gasteiger partial charge in [0.2, 0.25) is 5.92 Å². The number of rotatable bonds is 4. The first-order chi connectivity index (χ1) is 10.8. The monoisotopic (exact) mass is 344 g/mol. The van der Waals surface area contributed by atoms with E-state index in [4.69, 9.17) is 10.5 Å². The highest BCUT2D eigenvalue weighted by Gasteiger charge is 2.42. The second-order valence-electron chi connectivity index (χ2n) is 6.17. The van der Waals surface area contributed by atoms with E-state index < -0.39 is 12.0 Å². The summed E-state index contributed by atoms with van der Waals surface area (Å²) >= 11 is 1.30. The Labute approximate surface area is 136 Å². The van der Waals surface area contributed by atoms with Crippen molar-refractivity contribution in [2.24, 2.45) is 5.73 Å². The van der Waals surface area contributed by atoms with Gasteiger partial charge in [-0.3, -0.25) is 4.79 Å². The average Bonchev–Trinajstić information content (AvgIpc) is 3.04. The molecule has 126 valence electrons. The van der Waals surface area contributed by atoms with Crippen molar-refractivity contribution in [3.63, 3.8) is 0 Å². The Kier molecular flexibility index (Phi) is 4.27. The summed E-state index contributed by atoms with van der Waals surface area (Å²) in [5, 5.41) is 4.68. The van der Waals surface area contributed by atoms with Gasteiger partial charge in [0.15, 0.2) is 0 Å². The number of hydrogen-bond acceptors (Lipinski definition) is 4. The zero-order chi connectivity index (χ0) is 16.6. The molecule has 8 heteroatoms. The van der Waals surface area contributed by atoms with Crippen molar-refractivity contribution >= 4 is 23.3 Å². The molecule has 2 aliphatic carbocycles. The Hall–Kier alpha value is -1.70. The van der Waals surface area contributed by atoms with Gasteiger partial charge in [0, 0.05) is 24.8 Å². The summed E-state index contributed by atoms with van der Waals surface area (Å²) in [7, 11) is 0. The van der Waals surface area contributed by atoms with E-state index in [-0.39, 0.29) is 36.8 Å². The molecule has 2 fully saturated rings. The lowest BCUT2D eigenvalue weighted by Crippen LogP contribution is -2.40. The summed E-state index contributed by atoms with van der Waals surface area (Å²) in [4.78, 5) is 23.4. The highest BCUT2D eigenvalue weighted by atomic mass is 32.1. The summed E-state index contributed by atoms with van der Waals surface area (Å²) in [6.07, 6.45) is -0.0527. The van der Waals surface area contributed by atoms with Gasteiger partial charge in [-0.15, -0.1) is 11.3 Å². The minimum absolute atomic E-state index is 0.0914. The van der Waals surface area contributed by atoms with E-state index in [9.17, 15) is 18.4 Å². The van der Waals surface area contributed by atoms with Crippen molar-refractivity contribution in [3.05, 3.63) is 21.9 Å². The topological polar surface area (TPSA) is 81.4 Å². The first-order valence-corrected chi connectivity index (χ1v) is 8.45. The van der Waals surface area contributed by atoms with E-state index in [1.165, 1.54) is 11.3 Å². The van der Waals surface area contributed by atoms with Gasteiger partial charge in [-0.2, -0.15) is 0 Å². The summed E-state index contributed by atoms with van der Waals surface area (Å²) in [6.45, 7) is 0. The number of carbonyl (C=O) groups excluding carboxylic acids is 2. The Bertz CT molecular complexity index is 610. The fourth-order valence-corrected chi connectivity index (χ4v) is 3.78. The third-order valence-corrected chi connectivity index (χ3v) is 5.27. The molecule has 0 radical (unpaired) electrons. The molecular weight excluding hydrogens is 326 g/mol. The molecule has 0 aliphatic heterocycles. The number of carbonyl (C=O) groups is 2. The van der Waals surface area contributed by atoms with Crippen molar-refractivity contribution < 1.29 is 23.1 Å². The zero-order valence-electron chi connectivity index (χ0n) is 12.4. The summed E-state index contributed by atoms with van der Waals surface area (Å²) in [6, 6.07) is 1.58. The van der Waals surface area contributed by atoms with Crippen LogP contribution in [-0.2, 0) is 4.74 Å². The number of nitrogens with two attached hydrogens (primary N) is 1. The number of alkyl halides is 2. The van der Waals surface area contributed by atoms with Crippen LogP contribution in [0, 0.1) is 0 Å². The maximum Gasteiger partial charge on any atom is 0.404 e. The molecule has 1 aromatic heterocycles. The van der Waals surface area contributed by atoms with E-state index >= 15 is 0 Å². The van der Waals surface area contributed by atoms with Crippen LogP contribution in [0.25, 0.3) is 0 Å². The van der Waals surface area contributed by atoms with Crippen LogP contribution in [0.3, 0.4) is 0 Å². The number of hydrogen-bond donors (Lipinski definition) is 2. The van der Waals surface area contributed by atoms with Gasteiger partial charge < -0.3 is 15.8 Å². The lowest BCUT2D eigenvalue weighted by molar-refractivity contribution is -0.0399. The fraction of sp³-hybridized carbons (Fsp3) is 0.600. The van der Waals surface area contributed by atoms with Crippen molar-refractivity contribution in [2.75, 3.05) is 0 Å². The molecule has 3 N–H and O–H groups in total. The van der Waals surface area contributed by atoms with E-state index in [1.807, 2.05) is 5.38 Å². The van der Waals surface area contributed by atoms with Crippen molar-refractivity contribution in [3.8, 4) is 0 Å². The Balaban J connectivity index is 1.52. The maximum atomic E-state index is 13.1. The zero-order valence-corrected chi connectivity index (χ0v) is 13.2. The molecule has 1 heterocycles. The maximum absolute atomic E-state index is 13.1. The predicted molar refractivity (Wildman–Crippen MR) is 80.8 cm³/mol. The summed E-state index contributed by atoms with van der Waals surface area (Å²) < 4.78 is 31.1. The largest absolute Gasteiger partial charge is 0.446 e. The molecule has 2 unspecified atom stereocenters. The Morgan fingerprint density at radius 2 is 2.04 bits per heavy atom. The Morgan fingerprint density at radius 3 is 2.70 bits per heavy atom. The number of halogens is 2. The Morgan fingerprint density at radius 1 is 1.35 bits per heavy atom. The van der Waals surface area contributed by atoms with Gasteiger partial charge in [0.25, 0.3) is 5.91 Å². The second-order valence-corrected chi connectivity index (χ2v) is 7.08. The van der Waals surface area contributed by atoms with Crippen molar-refractivity contribution in [2.45, 2.75) is 56.1 Å². The van der Waals surface area contributed by atoms with Gasteiger partial charge in [-0.1, -0.05) is 0 Å². The number of primary amides is 1. The van der Waals surface area contributed by atoms with E-state index in [0.717, 1.165) is 5.56 Å². The van der Waals surface area contributed by atoms with Crippen LogP contribution < -0.4 is 11.1 Å². The van der Waals surface area contributed by atoms with Gasteiger partial charge in [0.1, 0.15) is 6.10 Å². The van der Waals surface area contributed by atoms with Crippen LogP contribution >= 0.6 is 11.3 Å². The highest BCUT2D eigenvalue weighted by Crippen LogP contribution is 2.44. The van der Waals surface area contributed by atoms with Crippen LogP contribution in [0.5, 0.6) is 0 Å². The number of ether oxygens (including phenoxy) is 1. The SMILES string of the molecule is NC(=O)OC1CC1c1csc(C(=O)NC2CCC(F)(F)CC2)c1. The van der Waals surface area contributed by atoms with Gasteiger partial charge in [-0.05, 0) is 36.3 Å². The molecule has 2 amide bonds. The minimum atomic E-state index is -2.60. The summed E-state index contributed by atoms with van der Waals surface area (Å²) in [5.74, 6) is -2.74. The molecule has 2 atom stereocenters. The van der Waals surface area contributed by atoms with Crippen LogP contribution in [0.1, 0.15) is 53.3 Å². The molecule has 2 aliphatic rings. The first kappa shape index (κ1) is 16.2. The van der Waals surface area contributed by atoms with Crippen LogP contribution in [0.15, 0.2) is 11.4 Å². The second kappa shape index (κ2) is 6.07. The first-order valence-electron chi connectivity index (χ1n) is 7.57. The van der Waals surface area contributed by atoms with Crippen molar-refractivity contribution in [1.29, 1.82) is 0 Å². The minimum Gasteiger partial charge on any atom is -0.446 e. The molecule has 3 rings (SSSR count). The molecule has 0 bridgehead atoms. The fourth-order valence-electron chi connectivity index (χ4n) is 2.91.